The van der Waals surface area contributed by atoms with Crippen molar-refractivity contribution in [2.24, 2.45) is 0 Å². The number of hydrogen-bond acceptors (Lipinski definition) is 5. The predicted molar refractivity (Wildman–Crippen MR) is 75.0 cm³/mol. The van der Waals surface area contributed by atoms with Crippen LogP contribution in [0.2, 0.25) is 0 Å². The molecule has 0 spiro atoms. The first-order chi connectivity index (χ1) is 9.83. The molecule has 4 heterocycles. The van der Waals surface area contributed by atoms with Crippen LogP contribution in [-0.2, 0) is 0 Å². The summed E-state index contributed by atoms with van der Waals surface area (Å²) in [5, 5.41) is 14.4. The molecule has 0 radical (unpaired) electrons. The molecule has 2 aliphatic heterocycles. The van der Waals surface area contributed by atoms with Crippen LogP contribution in [0.4, 0.5) is 5.82 Å². The van der Waals surface area contributed by atoms with E-state index in [4.69, 9.17) is 0 Å². The van der Waals surface area contributed by atoms with Crippen LogP contribution in [-0.4, -0.2) is 45.0 Å². The lowest BCUT2D eigenvalue weighted by molar-refractivity contribution is 0.479. The molecule has 2 N–H and O–H groups in total. The van der Waals surface area contributed by atoms with Crippen LogP contribution in [0.5, 0.6) is 0 Å². The monoisotopic (exact) mass is 274 g/mol. The summed E-state index contributed by atoms with van der Waals surface area (Å²) in [6.07, 6.45) is 4.86. The van der Waals surface area contributed by atoms with E-state index in [2.05, 4.69) is 25.5 Å². The highest BCUT2D eigenvalue weighted by Gasteiger charge is 2.34. The average molecular weight is 274 g/mol. The van der Waals surface area contributed by atoms with Gasteiger partial charge in [0.25, 0.3) is 0 Å². The minimum atomic E-state index is -0.281. The van der Waals surface area contributed by atoms with E-state index in [1.54, 1.807) is 0 Å². The van der Waals surface area contributed by atoms with Gasteiger partial charge in [0.05, 0.1) is 0 Å². The molecule has 2 unspecified atom stereocenters. The minimum Gasteiger partial charge on any atom is -0.351 e. The molecule has 0 bridgehead atoms. The van der Waals surface area contributed by atoms with Gasteiger partial charge in [0, 0.05) is 18.6 Å². The zero-order valence-corrected chi connectivity index (χ0v) is 11.2. The van der Waals surface area contributed by atoms with Crippen LogP contribution in [0.15, 0.2) is 16.9 Å². The number of H-pyrrole nitrogens is 1. The summed E-state index contributed by atoms with van der Waals surface area (Å²) in [7, 11) is 0. The Labute approximate surface area is 116 Å². The Hall–Kier alpha value is -1.89. The summed E-state index contributed by atoms with van der Waals surface area (Å²) >= 11 is 0. The van der Waals surface area contributed by atoms with Crippen molar-refractivity contribution in [3.8, 4) is 0 Å². The van der Waals surface area contributed by atoms with E-state index in [1.165, 1.54) is 30.2 Å². The van der Waals surface area contributed by atoms with Gasteiger partial charge in [-0.05, 0) is 44.4 Å². The highest BCUT2D eigenvalue weighted by atomic mass is 16.2. The lowest BCUT2D eigenvalue weighted by Gasteiger charge is -2.30. The zero-order chi connectivity index (χ0) is 13.5. The molecule has 0 saturated carbocycles. The van der Waals surface area contributed by atoms with Crippen molar-refractivity contribution in [1.29, 1.82) is 0 Å². The summed E-state index contributed by atoms with van der Waals surface area (Å²) in [4.78, 5) is 14.0. The third-order valence-corrected chi connectivity index (χ3v) is 4.42. The number of nitrogens with one attached hydrogen (secondary N) is 2. The van der Waals surface area contributed by atoms with Crippen molar-refractivity contribution in [3.63, 3.8) is 0 Å². The van der Waals surface area contributed by atoms with Crippen LogP contribution >= 0.6 is 0 Å². The smallest absolute Gasteiger partial charge is 0.351 e. The molecule has 2 aliphatic rings. The minimum absolute atomic E-state index is 0.281. The molecule has 0 aromatic carbocycles. The van der Waals surface area contributed by atoms with Crippen LogP contribution in [0, 0.1) is 0 Å². The van der Waals surface area contributed by atoms with E-state index < -0.39 is 0 Å². The summed E-state index contributed by atoms with van der Waals surface area (Å²) in [6.45, 7) is 2.12. The molecule has 20 heavy (non-hydrogen) atoms. The van der Waals surface area contributed by atoms with E-state index in [-0.39, 0.29) is 5.69 Å². The molecule has 2 fully saturated rings. The Morgan fingerprint density at radius 3 is 3.05 bits per heavy atom. The van der Waals surface area contributed by atoms with Gasteiger partial charge < -0.3 is 10.2 Å². The molecular formula is C13H18N6O. The van der Waals surface area contributed by atoms with Gasteiger partial charge in [-0.25, -0.2) is 9.89 Å². The van der Waals surface area contributed by atoms with Crippen molar-refractivity contribution in [2.45, 2.75) is 37.8 Å². The average Bonchev–Trinajstić information content (AvgIpc) is 3.18. The van der Waals surface area contributed by atoms with Gasteiger partial charge in [0.1, 0.15) is 5.82 Å². The van der Waals surface area contributed by atoms with Gasteiger partial charge in [-0.1, -0.05) is 0 Å². The quantitative estimate of drug-likeness (QED) is 0.814. The first kappa shape index (κ1) is 11.9. The van der Waals surface area contributed by atoms with E-state index in [0.717, 1.165) is 18.9 Å². The van der Waals surface area contributed by atoms with Crippen molar-refractivity contribution in [3.05, 3.63) is 22.6 Å². The summed E-state index contributed by atoms with van der Waals surface area (Å²) in [5.74, 6) is 0.872. The Kier molecular flexibility index (Phi) is 2.73. The lowest BCUT2D eigenvalue weighted by atomic mass is 10.0. The molecule has 2 aromatic rings. The topological polar surface area (TPSA) is 78.3 Å². The largest absolute Gasteiger partial charge is 0.364 e. The fourth-order valence-electron chi connectivity index (χ4n) is 3.48. The van der Waals surface area contributed by atoms with Crippen LogP contribution in [0.25, 0.3) is 5.65 Å². The third-order valence-electron chi connectivity index (χ3n) is 4.42. The van der Waals surface area contributed by atoms with Crippen LogP contribution in [0.1, 0.15) is 25.7 Å². The number of hydrogen-bond donors (Lipinski definition) is 2. The number of fused-ring (bicyclic) bond motifs is 1. The highest BCUT2D eigenvalue weighted by molar-refractivity contribution is 5.46. The Bertz CT molecular complexity index is 671. The molecule has 7 heteroatoms. The number of aromatic nitrogens is 4. The second kappa shape index (κ2) is 4.59. The normalized spacial score (nSPS) is 26.7. The van der Waals surface area contributed by atoms with Crippen LogP contribution in [0.3, 0.4) is 0 Å². The van der Waals surface area contributed by atoms with Crippen molar-refractivity contribution < 1.29 is 0 Å². The third kappa shape index (κ3) is 1.81. The van der Waals surface area contributed by atoms with E-state index in [9.17, 15) is 4.79 Å². The summed E-state index contributed by atoms with van der Waals surface area (Å²) < 4.78 is 1.34. The summed E-state index contributed by atoms with van der Waals surface area (Å²) in [5.41, 5.74) is 0.282. The maximum Gasteiger partial charge on any atom is 0.364 e. The molecule has 4 rings (SSSR count). The molecule has 2 aromatic heterocycles. The molecule has 2 saturated heterocycles. The number of aromatic amines is 1. The fraction of sp³-hybridized carbons (Fsp3) is 0.615. The first-order valence-corrected chi connectivity index (χ1v) is 7.27. The first-order valence-electron chi connectivity index (χ1n) is 7.27. The van der Waals surface area contributed by atoms with Gasteiger partial charge in [-0.15, -0.1) is 5.10 Å². The second-order valence-corrected chi connectivity index (χ2v) is 5.60. The number of nitrogens with zero attached hydrogens (tertiary/aromatic N) is 4. The van der Waals surface area contributed by atoms with Crippen molar-refractivity contribution in [2.75, 3.05) is 18.0 Å². The molecule has 7 nitrogen and oxygen atoms in total. The number of rotatable bonds is 2. The molecule has 106 valence electrons. The maximum absolute atomic E-state index is 11.6. The van der Waals surface area contributed by atoms with Gasteiger partial charge in [-0.2, -0.15) is 9.61 Å². The molecule has 0 aliphatic carbocycles. The Balaban J connectivity index is 1.69. The Morgan fingerprint density at radius 1 is 1.25 bits per heavy atom. The number of anilines is 1. The highest BCUT2D eigenvalue weighted by Crippen LogP contribution is 2.28. The zero-order valence-electron chi connectivity index (χ0n) is 11.2. The SMILES string of the molecule is O=c1[nH]nc2ccc(N3CCCC3C3CCCN3)nn12. The second-order valence-electron chi connectivity index (χ2n) is 5.60. The maximum atomic E-state index is 11.6. The predicted octanol–water partition coefficient (Wildman–Crippen LogP) is 0.138. The Morgan fingerprint density at radius 2 is 2.20 bits per heavy atom. The molecule has 2 atom stereocenters. The van der Waals surface area contributed by atoms with Gasteiger partial charge in [0.2, 0.25) is 0 Å². The van der Waals surface area contributed by atoms with E-state index in [1.807, 2.05) is 12.1 Å². The van der Waals surface area contributed by atoms with Crippen LogP contribution < -0.4 is 15.9 Å². The van der Waals surface area contributed by atoms with Gasteiger partial charge in [0.15, 0.2) is 5.65 Å². The molecule has 0 amide bonds. The molecular weight excluding hydrogens is 256 g/mol. The fourth-order valence-corrected chi connectivity index (χ4v) is 3.48. The van der Waals surface area contributed by atoms with E-state index >= 15 is 0 Å². The van der Waals surface area contributed by atoms with Gasteiger partial charge >= 0.3 is 5.69 Å². The van der Waals surface area contributed by atoms with Gasteiger partial charge in [-0.3, -0.25) is 0 Å². The summed E-state index contributed by atoms with van der Waals surface area (Å²) in [6, 6.07) is 4.85. The van der Waals surface area contributed by atoms with Crippen molar-refractivity contribution in [1.82, 2.24) is 25.1 Å². The lowest BCUT2D eigenvalue weighted by Crippen LogP contribution is -2.44. The van der Waals surface area contributed by atoms with E-state index in [0.29, 0.717) is 17.7 Å². The van der Waals surface area contributed by atoms with Crippen molar-refractivity contribution >= 4 is 11.5 Å². The standard InChI is InChI=1S/C13H18N6O/c20-13-16-15-11-5-6-12(17-19(11)13)18-8-2-4-10(18)9-3-1-7-14-9/h5-6,9-10,14H,1-4,7-8H2,(H,16,20).